The number of nitrogens with one attached hydrogen (secondary N) is 1. The van der Waals surface area contributed by atoms with Crippen molar-refractivity contribution in [2.24, 2.45) is 0 Å². The summed E-state index contributed by atoms with van der Waals surface area (Å²) in [6, 6.07) is 7.64. The number of halogens is 1. The summed E-state index contributed by atoms with van der Waals surface area (Å²) in [5.74, 6) is 0.631. The zero-order valence-corrected chi connectivity index (χ0v) is 10.9. The van der Waals surface area contributed by atoms with E-state index in [-0.39, 0.29) is 11.4 Å². The first-order valence-corrected chi connectivity index (χ1v) is 6.54. The summed E-state index contributed by atoms with van der Waals surface area (Å²) in [5, 5.41) is 3.90. The first-order chi connectivity index (χ1) is 8.62. The summed E-state index contributed by atoms with van der Waals surface area (Å²) >= 11 is 5.84. The molecule has 1 N–H and O–H groups in total. The summed E-state index contributed by atoms with van der Waals surface area (Å²) < 4.78 is 5.55. The van der Waals surface area contributed by atoms with Crippen molar-refractivity contribution in [2.75, 3.05) is 5.88 Å². The van der Waals surface area contributed by atoms with Gasteiger partial charge >= 0.3 is 0 Å². The maximum Gasteiger partial charge on any atom is 0.287 e. The predicted octanol–water partition coefficient (Wildman–Crippen LogP) is 3.24. The molecule has 1 aromatic heterocycles. The van der Waals surface area contributed by atoms with E-state index in [1.807, 2.05) is 25.1 Å². The summed E-state index contributed by atoms with van der Waals surface area (Å²) in [4.78, 5) is 12.1. The van der Waals surface area contributed by atoms with Crippen LogP contribution in [0.4, 0.5) is 0 Å². The van der Waals surface area contributed by atoms with Crippen LogP contribution in [0.2, 0.25) is 0 Å². The van der Waals surface area contributed by atoms with E-state index in [4.69, 9.17) is 16.0 Å². The highest BCUT2D eigenvalue weighted by atomic mass is 35.5. The number of hydrogen-bond donors (Lipinski definition) is 1. The molecule has 1 aliphatic rings. The molecule has 0 atom stereocenters. The van der Waals surface area contributed by atoms with Gasteiger partial charge in [0, 0.05) is 11.3 Å². The molecule has 0 radical (unpaired) electrons. The van der Waals surface area contributed by atoms with E-state index in [0.29, 0.717) is 11.6 Å². The van der Waals surface area contributed by atoms with Crippen molar-refractivity contribution in [1.82, 2.24) is 5.32 Å². The maximum absolute atomic E-state index is 12.1. The molecule has 1 aromatic carbocycles. The Kier molecular flexibility index (Phi) is 2.59. The monoisotopic (exact) mass is 263 g/mol. The van der Waals surface area contributed by atoms with E-state index < -0.39 is 0 Å². The topological polar surface area (TPSA) is 42.2 Å². The standard InChI is InChI=1S/C14H14ClNO2/c1-9-2-3-11-10(6-9)7-12(18-11)13(17)16-14(8-15)4-5-14/h2-3,6-7H,4-5,8H2,1H3,(H,16,17). The molecule has 94 valence electrons. The second kappa shape index (κ2) is 4.02. The Morgan fingerprint density at radius 3 is 2.89 bits per heavy atom. The number of alkyl halides is 1. The Labute approximate surface area is 110 Å². The molecule has 0 bridgehead atoms. The molecule has 2 aromatic rings. The van der Waals surface area contributed by atoms with Gasteiger partial charge in [-0.25, -0.2) is 0 Å². The largest absolute Gasteiger partial charge is 0.451 e. The van der Waals surface area contributed by atoms with Crippen LogP contribution in [0.25, 0.3) is 11.0 Å². The molecular formula is C14H14ClNO2. The number of carbonyl (C=O) groups excluding carboxylic acids is 1. The van der Waals surface area contributed by atoms with Crippen molar-refractivity contribution in [1.29, 1.82) is 0 Å². The Bertz CT molecular complexity index is 613. The lowest BCUT2D eigenvalue weighted by Gasteiger charge is -2.11. The molecule has 1 fully saturated rings. The van der Waals surface area contributed by atoms with Crippen LogP contribution < -0.4 is 5.32 Å². The number of furan rings is 1. The lowest BCUT2D eigenvalue weighted by Crippen LogP contribution is -2.37. The summed E-state index contributed by atoms with van der Waals surface area (Å²) in [5.41, 5.74) is 1.68. The third-order valence-electron chi connectivity index (χ3n) is 3.38. The fourth-order valence-corrected chi connectivity index (χ4v) is 2.35. The average molecular weight is 264 g/mol. The van der Waals surface area contributed by atoms with E-state index in [1.54, 1.807) is 6.07 Å². The van der Waals surface area contributed by atoms with Gasteiger partial charge in [-0.1, -0.05) is 11.6 Å². The van der Waals surface area contributed by atoms with Crippen LogP contribution in [0.5, 0.6) is 0 Å². The normalized spacial score (nSPS) is 16.8. The van der Waals surface area contributed by atoms with Gasteiger partial charge in [-0.2, -0.15) is 0 Å². The summed E-state index contributed by atoms with van der Waals surface area (Å²) in [7, 11) is 0. The van der Waals surface area contributed by atoms with Crippen molar-refractivity contribution in [3.05, 3.63) is 35.6 Å². The van der Waals surface area contributed by atoms with E-state index in [1.165, 1.54) is 0 Å². The third kappa shape index (κ3) is 1.99. The minimum atomic E-state index is -0.201. The quantitative estimate of drug-likeness (QED) is 0.864. The fourth-order valence-electron chi connectivity index (χ4n) is 2.02. The van der Waals surface area contributed by atoms with Gasteiger partial charge in [-0.3, -0.25) is 4.79 Å². The van der Waals surface area contributed by atoms with Gasteiger partial charge in [0.15, 0.2) is 5.76 Å². The SMILES string of the molecule is Cc1ccc2oc(C(=O)NC3(CCl)CC3)cc2c1. The minimum Gasteiger partial charge on any atom is -0.451 e. The predicted molar refractivity (Wildman–Crippen MR) is 71.1 cm³/mol. The van der Waals surface area contributed by atoms with Crippen LogP contribution in [0, 0.1) is 6.92 Å². The molecule has 0 unspecified atom stereocenters. The van der Waals surface area contributed by atoms with Crippen LogP contribution in [0.15, 0.2) is 28.7 Å². The number of amides is 1. The molecule has 3 rings (SSSR count). The zero-order chi connectivity index (χ0) is 12.8. The van der Waals surface area contributed by atoms with Crippen molar-refractivity contribution >= 4 is 28.5 Å². The average Bonchev–Trinajstić information content (AvgIpc) is 2.99. The fraction of sp³-hybridized carbons (Fsp3) is 0.357. The van der Waals surface area contributed by atoms with Gasteiger partial charge in [-0.05, 0) is 38.0 Å². The highest BCUT2D eigenvalue weighted by Crippen LogP contribution is 2.36. The third-order valence-corrected chi connectivity index (χ3v) is 3.90. The minimum absolute atomic E-state index is 0.179. The summed E-state index contributed by atoms with van der Waals surface area (Å²) in [6.07, 6.45) is 1.89. The molecule has 0 aliphatic heterocycles. The first-order valence-electron chi connectivity index (χ1n) is 6.01. The zero-order valence-electron chi connectivity index (χ0n) is 10.1. The van der Waals surface area contributed by atoms with Gasteiger partial charge in [0.25, 0.3) is 5.91 Å². The summed E-state index contributed by atoms with van der Waals surface area (Å²) in [6.45, 7) is 2.01. The molecule has 1 amide bonds. The Morgan fingerprint density at radius 1 is 1.44 bits per heavy atom. The van der Waals surface area contributed by atoms with E-state index >= 15 is 0 Å². The number of benzene rings is 1. The molecule has 1 aliphatic carbocycles. The van der Waals surface area contributed by atoms with Crippen molar-refractivity contribution in [3.8, 4) is 0 Å². The van der Waals surface area contributed by atoms with Gasteiger partial charge in [0.2, 0.25) is 0 Å². The molecule has 4 heteroatoms. The van der Waals surface area contributed by atoms with E-state index in [9.17, 15) is 4.79 Å². The van der Waals surface area contributed by atoms with Crippen LogP contribution in [-0.2, 0) is 0 Å². The van der Waals surface area contributed by atoms with Crippen molar-refractivity contribution < 1.29 is 9.21 Å². The van der Waals surface area contributed by atoms with Gasteiger partial charge in [-0.15, -0.1) is 11.6 Å². The van der Waals surface area contributed by atoms with Crippen molar-refractivity contribution in [3.63, 3.8) is 0 Å². The number of aryl methyl sites for hydroxylation is 1. The van der Waals surface area contributed by atoms with Crippen LogP contribution in [0.1, 0.15) is 29.0 Å². The number of fused-ring (bicyclic) bond motifs is 1. The molecule has 1 heterocycles. The van der Waals surface area contributed by atoms with Crippen molar-refractivity contribution in [2.45, 2.75) is 25.3 Å². The molecule has 1 saturated carbocycles. The van der Waals surface area contributed by atoms with Crippen LogP contribution >= 0.6 is 11.6 Å². The van der Waals surface area contributed by atoms with E-state index in [0.717, 1.165) is 29.4 Å². The number of carbonyl (C=O) groups is 1. The molecule has 18 heavy (non-hydrogen) atoms. The Morgan fingerprint density at radius 2 is 2.22 bits per heavy atom. The van der Waals surface area contributed by atoms with Gasteiger partial charge in [0.1, 0.15) is 5.58 Å². The highest BCUT2D eigenvalue weighted by molar-refractivity contribution is 6.19. The second-order valence-corrected chi connectivity index (χ2v) is 5.29. The van der Waals surface area contributed by atoms with Gasteiger partial charge < -0.3 is 9.73 Å². The highest BCUT2D eigenvalue weighted by Gasteiger charge is 2.43. The smallest absolute Gasteiger partial charge is 0.287 e. The van der Waals surface area contributed by atoms with E-state index in [2.05, 4.69) is 5.32 Å². The molecule has 0 spiro atoms. The second-order valence-electron chi connectivity index (χ2n) is 5.02. The Hall–Kier alpha value is -1.48. The molecular weight excluding hydrogens is 250 g/mol. The maximum atomic E-state index is 12.1. The lowest BCUT2D eigenvalue weighted by atomic mass is 10.2. The first kappa shape index (κ1) is 11.6. The van der Waals surface area contributed by atoms with Crippen LogP contribution in [0.3, 0.4) is 0 Å². The lowest BCUT2D eigenvalue weighted by molar-refractivity contribution is 0.0910. The molecule has 3 nitrogen and oxygen atoms in total. The number of hydrogen-bond acceptors (Lipinski definition) is 2. The number of rotatable bonds is 3. The van der Waals surface area contributed by atoms with Gasteiger partial charge in [0.05, 0.1) is 5.54 Å². The molecule has 0 saturated heterocycles. The van der Waals surface area contributed by atoms with Crippen LogP contribution in [-0.4, -0.2) is 17.3 Å². The Balaban J connectivity index is 1.87.